The maximum Gasteiger partial charge on any atom is 0.161 e. The van der Waals surface area contributed by atoms with E-state index >= 15 is 0 Å². The summed E-state index contributed by atoms with van der Waals surface area (Å²) in [6.07, 6.45) is 0.745. The topological polar surface area (TPSA) is 88.4 Å². The fourth-order valence-corrected chi connectivity index (χ4v) is 3.65. The van der Waals surface area contributed by atoms with Gasteiger partial charge in [0.25, 0.3) is 0 Å². The van der Waals surface area contributed by atoms with Crippen molar-refractivity contribution < 1.29 is 29.5 Å². The molecule has 0 bridgehead atoms. The van der Waals surface area contributed by atoms with Crippen LogP contribution in [0.15, 0.2) is 66.7 Å². The summed E-state index contributed by atoms with van der Waals surface area (Å²) < 4.78 is 16.6. The highest BCUT2D eigenvalue weighted by Gasteiger charge is 2.15. The van der Waals surface area contributed by atoms with Crippen molar-refractivity contribution in [3.05, 3.63) is 83.4 Å². The number of rotatable bonds is 11. The molecule has 0 spiro atoms. The van der Waals surface area contributed by atoms with Crippen molar-refractivity contribution in [2.45, 2.75) is 13.3 Å². The van der Waals surface area contributed by atoms with Crippen LogP contribution in [0.25, 0.3) is 11.1 Å². The SMILES string of the molecule is CCC(=C(c1ccc(O)cc1)c1ccc(O)cc1)c1ccc(OCCOCCO)c(OC)c1. The van der Waals surface area contributed by atoms with Gasteiger partial charge in [-0.3, -0.25) is 0 Å². The number of benzene rings is 3. The summed E-state index contributed by atoms with van der Waals surface area (Å²) in [5, 5.41) is 28.3. The van der Waals surface area contributed by atoms with Crippen LogP contribution in [0.3, 0.4) is 0 Å². The Labute approximate surface area is 194 Å². The first kappa shape index (κ1) is 24.2. The zero-order valence-corrected chi connectivity index (χ0v) is 19.0. The first-order valence-corrected chi connectivity index (χ1v) is 10.9. The molecule has 6 nitrogen and oxygen atoms in total. The van der Waals surface area contributed by atoms with E-state index in [1.165, 1.54) is 0 Å². The molecule has 0 radical (unpaired) electrons. The molecule has 0 atom stereocenters. The molecule has 0 fully saturated rings. The Morgan fingerprint density at radius 3 is 1.82 bits per heavy atom. The van der Waals surface area contributed by atoms with Crippen molar-refractivity contribution in [1.82, 2.24) is 0 Å². The highest BCUT2D eigenvalue weighted by Crippen LogP contribution is 2.38. The van der Waals surface area contributed by atoms with Crippen LogP contribution in [0, 0.1) is 0 Å². The minimum Gasteiger partial charge on any atom is -0.508 e. The highest BCUT2D eigenvalue weighted by atomic mass is 16.5. The van der Waals surface area contributed by atoms with E-state index < -0.39 is 0 Å². The highest BCUT2D eigenvalue weighted by molar-refractivity contribution is 5.98. The van der Waals surface area contributed by atoms with Crippen molar-refractivity contribution in [3.8, 4) is 23.0 Å². The third kappa shape index (κ3) is 6.28. The molecule has 3 N–H and O–H groups in total. The standard InChI is InChI=1S/C27H30O6/c1-3-24(21-8-13-25(26(18-21)31-2)33-17-16-32-15-14-28)27(19-4-9-22(29)10-5-19)20-6-11-23(30)12-7-20/h4-13,18,28-30H,3,14-17H2,1-2H3. The van der Waals surface area contributed by atoms with Gasteiger partial charge in [0, 0.05) is 0 Å². The Bertz CT molecular complexity index is 1010. The second-order valence-electron chi connectivity index (χ2n) is 7.35. The molecule has 0 amide bonds. The molecule has 0 saturated heterocycles. The lowest BCUT2D eigenvalue weighted by atomic mass is 9.88. The minimum atomic E-state index is -0.0193. The van der Waals surface area contributed by atoms with Crippen molar-refractivity contribution in [2.75, 3.05) is 33.5 Å². The monoisotopic (exact) mass is 450 g/mol. The Morgan fingerprint density at radius 2 is 1.30 bits per heavy atom. The maximum absolute atomic E-state index is 9.77. The molecule has 0 aliphatic heterocycles. The van der Waals surface area contributed by atoms with Crippen molar-refractivity contribution in [2.24, 2.45) is 0 Å². The van der Waals surface area contributed by atoms with Crippen molar-refractivity contribution in [1.29, 1.82) is 0 Å². The Balaban J connectivity index is 2.03. The molecule has 174 valence electrons. The summed E-state index contributed by atoms with van der Waals surface area (Å²) in [4.78, 5) is 0. The number of allylic oxidation sites excluding steroid dienone is 1. The summed E-state index contributed by atoms with van der Waals surface area (Å²) in [6, 6.07) is 20.0. The van der Waals surface area contributed by atoms with Crippen LogP contribution < -0.4 is 9.47 Å². The second kappa shape index (κ2) is 11.9. The number of phenols is 2. The molecule has 6 heteroatoms. The Hall–Kier alpha value is -3.48. The lowest BCUT2D eigenvalue weighted by Gasteiger charge is -2.18. The smallest absolute Gasteiger partial charge is 0.161 e. The summed E-state index contributed by atoms with van der Waals surface area (Å²) in [5.74, 6) is 1.62. The Kier molecular flexibility index (Phi) is 8.75. The van der Waals surface area contributed by atoms with E-state index in [1.54, 1.807) is 31.4 Å². The fraction of sp³-hybridized carbons (Fsp3) is 0.259. The summed E-state index contributed by atoms with van der Waals surface area (Å²) in [5.41, 5.74) is 4.98. The average Bonchev–Trinajstić information content (AvgIpc) is 2.84. The van der Waals surface area contributed by atoms with Crippen LogP contribution >= 0.6 is 0 Å². The molecular weight excluding hydrogens is 420 g/mol. The molecule has 3 rings (SSSR count). The molecular formula is C27H30O6. The number of aliphatic hydroxyl groups excluding tert-OH is 1. The maximum atomic E-state index is 9.77. The third-order valence-corrected chi connectivity index (χ3v) is 5.20. The first-order chi connectivity index (χ1) is 16.1. The Morgan fingerprint density at radius 1 is 0.727 bits per heavy atom. The fourth-order valence-electron chi connectivity index (χ4n) is 3.65. The van der Waals surface area contributed by atoms with E-state index in [9.17, 15) is 10.2 Å². The molecule has 0 aliphatic rings. The average molecular weight is 451 g/mol. The second-order valence-corrected chi connectivity index (χ2v) is 7.35. The van der Waals surface area contributed by atoms with E-state index in [1.807, 2.05) is 42.5 Å². The minimum absolute atomic E-state index is 0.0193. The van der Waals surface area contributed by atoms with Gasteiger partial charge in [-0.2, -0.15) is 0 Å². The van der Waals surface area contributed by atoms with Crippen LogP contribution in [-0.4, -0.2) is 48.9 Å². The van der Waals surface area contributed by atoms with E-state index in [-0.39, 0.29) is 24.7 Å². The summed E-state index contributed by atoms with van der Waals surface area (Å²) in [6.45, 7) is 3.07. The molecule has 0 heterocycles. The molecule has 3 aromatic rings. The van der Waals surface area contributed by atoms with Gasteiger partial charge in [-0.15, -0.1) is 0 Å². The molecule has 0 aliphatic carbocycles. The predicted octanol–water partition coefficient (Wildman–Crippen LogP) is 4.86. The zero-order chi connectivity index (χ0) is 23.6. The van der Waals surface area contributed by atoms with Crippen molar-refractivity contribution >= 4 is 11.1 Å². The van der Waals surface area contributed by atoms with E-state index in [2.05, 4.69) is 6.92 Å². The number of hydrogen-bond donors (Lipinski definition) is 3. The van der Waals surface area contributed by atoms with Crippen LogP contribution in [0.4, 0.5) is 0 Å². The predicted molar refractivity (Wildman–Crippen MR) is 129 cm³/mol. The summed E-state index contributed by atoms with van der Waals surface area (Å²) in [7, 11) is 1.60. The third-order valence-electron chi connectivity index (χ3n) is 5.20. The molecule has 0 unspecified atom stereocenters. The van der Waals surface area contributed by atoms with Gasteiger partial charge in [-0.05, 0) is 70.7 Å². The quantitative estimate of drug-likeness (QED) is 0.286. The van der Waals surface area contributed by atoms with E-state index in [4.69, 9.17) is 19.3 Å². The molecule has 33 heavy (non-hydrogen) atoms. The van der Waals surface area contributed by atoms with Gasteiger partial charge in [0.1, 0.15) is 18.1 Å². The number of hydrogen-bond acceptors (Lipinski definition) is 6. The van der Waals surface area contributed by atoms with Gasteiger partial charge in [-0.25, -0.2) is 0 Å². The largest absolute Gasteiger partial charge is 0.508 e. The first-order valence-electron chi connectivity index (χ1n) is 10.9. The summed E-state index contributed by atoms with van der Waals surface area (Å²) >= 11 is 0. The van der Waals surface area contributed by atoms with Gasteiger partial charge >= 0.3 is 0 Å². The van der Waals surface area contributed by atoms with Gasteiger partial charge in [0.2, 0.25) is 0 Å². The lowest BCUT2D eigenvalue weighted by Crippen LogP contribution is -2.09. The van der Waals surface area contributed by atoms with Crippen LogP contribution in [0.2, 0.25) is 0 Å². The van der Waals surface area contributed by atoms with Gasteiger partial charge in [0.15, 0.2) is 11.5 Å². The van der Waals surface area contributed by atoms with Crippen LogP contribution in [0.1, 0.15) is 30.0 Å². The van der Waals surface area contributed by atoms with Crippen LogP contribution in [-0.2, 0) is 4.74 Å². The molecule has 0 aromatic heterocycles. The van der Waals surface area contributed by atoms with Gasteiger partial charge in [0.05, 0.1) is 26.9 Å². The number of aliphatic hydroxyl groups is 1. The van der Waals surface area contributed by atoms with Crippen molar-refractivity contribution in [3.63, 3.8) is 0 Å². The van der Waals surface area contributed by atoms with E-state index in [0.29, 0.717) is 24.7 Å². The van der Waals surface area contributed by atoms with E-state index in [0.717, 1.165) is 34.3 Å². The normalized spacial score (nSPS) is 10.6. The lowest BCUT2D eigenvalue weighted by molar-refractivity contribution is 0.0699. The zero-order valence-electron chi connectivity index (χ0n) is 19.0. The van der Waals surface area contributed by atoms with Gasteiger partial charge < -0.3 is 29.5 Å². The molecule has 0 saturated carbocycles. The number of methoxy groups -OCH3 is 1. The molecule has 3 aromatic carbocycles. The number of phenolic OH excluding ortho intramolecular Hbond substituents is 2. The number of aromatic hydroxyl groups is 2. The number of ether oxygens (including phenoxy) is 3. The van der Waals surface area contributed by atoms with Gasteiger partial charge in [-0.1, -0.05) is 37.3 Å². The van der Waals surface area contributed by atoms with Crippen LogP contribution in [0.5, 0.6) is 23.0 Å².